The lowest BCUT2D eigenvalue weighted by atomic mass is 10.4. The van der Waals surface area contributed by atoms with E-state index in [9.17, 15) is 4.79 Å². The SMILES string of the molecule is CCNC(=O)CCNCc1ncc(Cl)s1. The van der Waals surface area contributed by atoms with Crippen molar-refractivity contribution in [2.45, 2.75) is 19.9 Å². The Kier molecular flexibility index (Phi) is 5.60. The average molecular weight is 248 g/mol. The molecule has 1 rings (SSSR count). The van der Waals surface area contributed by atoms with Crippen LogP contribution in [0.1, 0.15) is 18.4 Å². The topological polar surface area (TPSA) is 54.0 Å². The van der Waals surface area contributed by atoms with E-state index in [2.05, 4.69) is 15.6 Å². The van der Waals surface area contributed by atoms with Gasteiger partial charge in [-0.25, -0.2) is 4.98 Å². The minimum atomic E-state index is 0.0715. The van der Waals surface area contributed by atoms with Crippen LogP contribution in [0.4, 0.5) is 0 Å². The molecule has 15 heavy (non-hydrogen) atoms. The number of hydrogen-bond acceptors (Lipinski definition) is 4. The second-order valence-electron chi connectivity index (χ2n) is 2.94. The summed E-state index contributed by atoms with van der Waals surface area (Å²) < 4.78 is 0.690. The van der Waals surface area contributed by atoms with E-state index in [0.29, 0.717) is 30.4 Å². The molecule has 0 atom stereocenters. The number of thiazole rings is 1. The molecule has 6 heteroatoms. The summed E-state index contributed by atoms with van der Waals surface area (Å²) in [6.07, 6.45) is 2.12. The molecule has 0 unspecified atom stereocenters. The largest absolute Gasteiger partial charge is 0.356 e. The Morgan fingerprint density at radius 1 is 1.67 bits per heavy atom. The number of rotatable bonds is 6. The van der Waals surface area contributed by atoms with Crippen molar-refractivity contribution in [3.8, 4) is 0 Å². The highest BCUT2D eigenvalue weighted by atomic mass is 35.5. The number of carbonyl (C=O) groups excluding carboxylic acids is 1. The number of hydrogen-bond donors (Lipinski definition) is 2. The van der Waals surface area contributed by atoms with Crippen LogP contribution in [-0.2, 0) is 11.3 Å². The lowest BCUT2D eigenvalue weighted by Gasteiger charge is -2.02. The van der Waals surface area contributed by atoms with Gasteiger partial charge in [-0.2, -0.15) is 0 Å². The van der Waals surface area contributed by atoms with Crippen molar-refractivity contribution in [1.29, 1.82) is 0 Å². The van der Waals surface area contributed by atoms with Crippen LogP contribution in [0.5, 0.6) is 0 Å². The molecule has 1 heterocycles. The summed E-state index contributed by atoms with van der Waals surface area (Å²) in [7, 11) is 0. The molecule has 1 aromatic heterocycles. The van der Waals surface area contributed by atoms with Crippen LogP contribution in [0, 0.1) is 0 Å². The molecule has 0 aromatic carbocycles. The Hall–Kier alpha value is -0.650. The van der Waals surface area contributed by atoms with Crippen LogP contribution in [0.25, 0.3) is 0 Å². The molecule has 0 saturated heterocycles. The number of carbonyl (C=O) groups is 1. The van der Waals surface area contributed by atoms with Crippen molar-refractivity contribution in [3.63, 3.8) is 0 Å². The van der Waals surface area contributed by atoms with Crippen molar-refractivity contribution in [2.24, 2.45) is 0 Å². The highest BCUT2D eigenvalue weighted by Gasteiger charge is 2.01. The molecular formula is C9H14ClN3OS. The predicted octanol–water partition coefficient (Wildman–Crippen LogP) is 1.41. The third-order valence-electron chi connectivity index (χ3n) is 1.70. The number of amides is 1. The smallest absolute Gasteiger partial charge is 0.221 e. The first-order chi connectivity index (χ1) is 7.22. The molecule has 0 fully saturated rings. The molecule has 84 valence electrons. The highest BCUT2D eigenvalue weighted by molar-refractivity contribution is 7.15. The molecule has 0 bridgehead atoms. The normalized spacial score (nSPS) is 10.3. The summed E-state index contributed by atoms with van der Waals surface area (Å²) in [5.74, 6) is 0.0715. The fourth-order valence-electron chi connectivity index (χ4n) is 1.05. The Morgan fingerprint density at radius 2 is 2.47 bits per heavy atom. The Bertz CT molecular complexity index is 316. The molecule has 0 aliphatic rings. The van der Waals surface area contributed by atoms with Crippen molar-refractivity contribution in [3.05, 3.63) is 15.5 Å². The molecule has 4 nitrogen and oxygen atoms in total. The lowest BCUT2D eigenvalue weighted by Crippen LogP contribution is -2.27. The molecule has 0 aliphatic carbocycles. The summed E-state index contributed by atoms with van der Waals surface area (Å²) in [6, 6.07) is 0. The molecular weight excluding hydrogens is 234 g/mol. The van der Waals surface area contributed by atoms with E-state index in [-0.39, 0.29) is 5.91 Å². The highest BCUT2D eigenvalue weighted by Crippen LogP contribution is 2.17. The number of nitrogens with zero attached hydrogens (tertiary/aromatic N) is 1. The summed E-state index contributed by atoms with van der Waals surface area (Å²) in [5.41, 5.74) is 0. The maximum atomic E-state index is 11.1. The monoisotopic (exact) mass is 247 g/mol. The fraction of sp³-hybridized carbons (Fsp3) is 0.556. The van der Waals surface area contributed by atoms with E-state index in [4.69, 9.17) is 11.6 Å². The van der Waals surface area contributed by atoms with Gasteiger partial charge in [-0.15, -0.1) is 11.3 Å². The molecule has 0 aliphatic heterocycles. The van der Waals surface area contributed by atoms with Crippen molar-refractivity contribution < 1.29 is 4.79 Å². The number of halogens is 1. The first-order valence-corrected chi connectivity index (χ1v) is 5.99. The summed E-state index contributed by atoms with van der Waals surface area (Å²) in [6.45, 7) is 3.91. The number of nitrogens with one attached hydrogen (secondary N) is 2. The second kappa shape index (κ2) is 6.76. The van der Waals surface area contributed by atoms with Gasteiger partial charge in [0.1, 0.15) is 9.34 Å². The van der Waals surface area contributed by atoms with Gasteiger partial charge in [-0.3, -0.25) is 4.79 Å². The van der Waals surface area contributed by atoms with Gasteiger partial charge in [0.05, 0.1) is 6.20 Å². The van der Waals surface area contributed by atoms with Gasteiger partial charge in [-0.1, -0.05) is 11.6 Å². The van der Waals surface area contributed by atoms with Gasteiger partial charge in [0.2, 0.25) is 5.91 Å². The van der Waals surface area contributed by atoms with Gasteiger partial charge in [-0.05, 0) is 6.92 Å². The lowest BCUT2D eigenvalue weighted by molar-refractivity contribution is -0.120. The zero-order chi connectivity index (χ0) is 11.1. The van der Waals surface area contributed by atoms with Crippen LogP contribution >= 0.6 is 22.9 Å². The van der Waals surface area contributed by atoms with Gasteiger partial charge in [0, 0.05) is 26.1 Å². The van der Waals surface area contributed by atoms with Crippen LogP contribution in [0.3, 0.4) is 0 Å². The third kappa shape index (κ3) is 5.11. The first-order valence-electron chi connectivity index (χ1n) is 4.80. The second-order valence-corrected chi connectivity index (χ2v) is 4.68. The van der Waals surface area contributed by atoms with E-state index in [1.165, 1.54) is 11.3 Å². The zero-order valence-electron chi connectivity index (χ0n) is 8.55. The summed E-state index contributed by atoms with van der Waals surface area (Å²) in [5, 5.41) is 6.81. The van der Waals surface area contributed by atoms with Crippen molar-refractivity contribution >= 4 is 28.8 Å². The maximum Gasteiger partial charge on any atom is 0.221 e. The predicted molar refractivity (Wildman–Crippen MR) is 62.1 cm³/mol. The summed E-state index contributed by atoms with van der Waals surface area (Å²) in [4.78, 5) is 15.2. The minimum absolute atomic E-state index is 0.0715. The van der Waals surface area contributed by atoms with Crippen LogP contribution in [-0.4, -0.2) is 24.0 Å². The Balaban J connectivity index is 2.09. The molecule has 1 aromatic rings. The van der Waals surface area contributed by atoms with E-state index in [1.54, 1.807) is 6.20 Å². The third-order valence-corrected chi connectivity index (χ3v) is 2.82. The number of aromatic nitrogens is 1. The zero-order valence-corrected chi connectivity index (χ0v) is 10.1. The van der Waals surface area contributed by atoms with Gasteiger partial charge in [0.15, 0.2) is 0 Å². The average Bonchev–Trinajstić information content (AvgIpc) is 2.60. The van der Waals surface area contributed by atoms with Gasteiger partial charge in [0.25, 0.3) is 0 Å². The molecule has 0 spiro atoms. The Labute approximate surface area is 98.0 Å². The molecule has 0 radical (unpaired) electrons. The van der Waals surface area contributed by atoms with Gasteiger partial charge < -0.3 is 10.6 Å². The molecule has 1 amide bonds. The fourth-order valence-corrected chi connectivity index (χ4v) is 1.98. The minimum Gasteiger partial charge on any atom is -0.356 e. The van der Waals surface area contributed by atoms with Crippen LogP contribution in [0.2, 0.25) is 4.34 Å². The Morgan fingerprint density at radius 3 is 3.07 bits per heavy atom. The quantitative estimate of drug-likeness (QED) is 0.748. The molecule has 0 saturated carbocycles. The van der Waals surface area contributed by atoms with Crippen LogP contribution in [0.15, 0.2) is 6.20 Å². The van der Waals surface area contributed by atoms with Crippen molar-refractivity contribution in [1.82, 2.24) is 15.6 Å². The van der Waals surface area contributed by atoms with E-state index in [1.807, 2.05) is 6.92 Å². The van der Waals surface area contributed by atoms with E-state index in [0.717, 1.165) is 5.01 Å². The standard InChI is InChI=1S/C9H14ClN3OS/c1-2-12-8(14)3-4-11-6-9-13-5-7(10)15-9/h5,11H,2-4,6H2,1H3,(H,12,14). The van der Waals surface area contributed by atoms with Crippen LogP contribution < -0.4 is 10.6 Å². The first kappa shape index (κ1) is 12.4. The maximum absolute atomic E-state index is 11.1. The molecule has 2 N–H and O–H groups in total. The van der Waals surface area contributed by atoms with Gasteiger partial charge >= 0.3 is 0 Å². The summed E-state index contributed by atoms with van der Waals surface area (Å²) >= 11 is 7.18. The van der Waals surface area contributed by atoms with E-state index >= 15 is 0 Å². The van der Waals surface area contributed by atoms with Crippen molar-refractivity contribution in [2.75, 3.05) is 13.1 Å². The van der Waals surface area contributed by atoms with E-state index < -0.39 is 0 Å².